The van der Waals surface area contributed by atoms with Crippen molar-refractivity contribution in [1.29, 1.82) is 0 Å². The summed E-state index contributed by atoms with van der Waals surface area (Å²) in [5.41, 5.74) is 5.61. The van der Waals surface area contributed by atoms with Gasteiger partial charge in [0, 0.05) is 19.3 Å². The van der Waals surface area contributed by atoms with Crippen LogP contribution in [0.2, 0.25) is 0 Å². The molecule has 0 saturated carbocycles. The lowest BCUT2D eigenvalue weighted by Gasteiger charge is -2.49. The third-order valence-corrected chi connectivity index (χ3v) is 5.47. The fraction of sp³-hybridized carbons (Fsp3) is 0.900. The minimum atomic E-state index is -3.40. The van der Waals surface area contributed by atoms with Gasteiger partial charge in [0.25, 0.3) is 0 Å². The highest BCUT2D eigenvalue weighted by atomic mass is 32.2. The first-order valence-electron chi connectivity index (χ1n) is 5.31. The molecule has 1 aliphatic heterocycles. The molecule has 0 aliphatic carbocycles. The van der Waals surface area contributed by atoms with Gasteiger partial charge in [-0.3, -0.25) is 4.79 Å². The van der Waals surface area contributed by atoms with Crippen molar-refractivity contribution in [3.8, 4) is 0 Å². The van der Waals surface area contributed by atoms with Gasteiger partial charge in [-0.2, -0.15) is 0 Å². The summed E-state index contributed by atoms with van der Waals surface area (Å²) in [6.45, 7) is 5.73. The number of hydrogen-bond donors (Lipinski definition) is 1. The van der Waals surface area contributed by atoms with E-state index in [0.717, 1.165) is 12.7 Å². The van der Waals surface area contributed by atoms with Crippen molar-refractivity contribution < 1.29 is 13.2 Å². The molecule has 1 aliphatic rings. The van der Waals surface area contributed by atoms with Gasteiger partial charge >= 0.3 is 0 Å². The minimum Gasteiger partial charge on any atom is -0.338 e. The highest BCUT2D eigenvalue weighted by molar-refractivity contribution is 7.92. The number of amides is 1. The zero-order valence-corrected chi connectivity index (χ0v) is 11.1. The van der Waals surface area contributed by atoms with E-state index < -0.39 is 14.6 Å². The normalized spacial score (nSPS) is 20.4. The highest BCUT2D eigenvalue weighted by Crippen LogP contribution is 2.27. The summed E-state index contributed by atoms with van der Waals surface area (Å²) < 4.78 is 21.6. The number of hydrogen-bond acceptors (Lipinski definition) is 4. The van der Waals surface area contributed by atoms with Crippen LogP contribution in [0.3, 0.4) is 0 Å². The van der Waals surface area contributed by atoms with Gasteiger partial charge in [0.05, 0.1) is 5.54 Å². The molecule has 16 heavy (non-hydrogen) atoms. The lowest BCUT2D eigenvalue weighted by molar-refractivity contribution is -0.140. The smallest absolute Gasteiger partial charge is 0.243 e. The molecule has 1 fully saturated rings. The Balaban J connectivity index is 2.77. The van der Waals surface area contributed by atoms with Gasteiger partial charge in [-0.15, -0.1) is 0 Å². The van der Waals surface area contributed by atoms with E-state index >= 15 is 0 Å². The van der Waals surface area contributed by atoms with Crippen LogP contribution in [0.25, 0.3) is 0 Å². The van der Waals surface area contributed by atoms with Crippen LogP contribution in [0.1, 0.15) is 27.2 Å². The van der Waals surface area contributed by atoms with Crippen molar-refractivity contribution in [3.63, 3.8) is 0 Å². The Hall–Kier alpha value is -0.620. The molecular formula is C10H20N2O3S. The van der Waals surface area contributed by atoms with E-state index in [1.54, 1.807) is 0 Å². The van der Waals surface area contributed by atoms with E-state index in [9.17, 15) is 13.2 Å². The second-order valence-electron chi connectivity index (χ2n) is 5.16. The van der Waals surface area contributed by atoms with E-state index in [2.05, 4.69) is 0 Å². The summed E-state index contributed by atoms with van der Waals surface area (Å²) >= 11 is 0. The van der Waals surface area contributed by atoms with Gasteiger partial charge in [0.1, 0.15) is 4.75 Å². The third kappa shape index (κ3) is 2.08. The van der Waals surface area contributed by atoms with Crippen molar-refractivity contribution in [2.75, 3.05) is 19.3 Å². The monoisotopic (exact) mass is 248 g/mol. The standard InChI is InChI=1S/C10H20N2O3S/c1-5-10(11)6-12(7-10)8(13)9(2,3)16(4,14)15/h5-7,11H2,1-4H3. The molecule has 0 radical (unpaired) electrons. The number of carbonyl (C=O) groups excluding carboxylic acids is 1. The summed E-state index contributed by atoms with van der Waals surface area (Å²) in [5, 5.41) is 0. The van der Waals surface area contributed by atoms with Crippen LogP contribution in [-0.2, 0) is 14.6 Å². The first kappa shape index (κ1) is 13.4. The predicted molar refractivity (Wildman–Crippen MR) is 62.7 cm³/mol. The van der Waals surface area contributed by atoms with Gasteiger partial charge in [-0.25, -0.2) is 8.42 Å². The summed E-state index contributed by atoms with van der Waals surface area (Å²) in [6, 6.07) is 0. The summed E-state index contributed by atoms with van der Waals surface area (Å²) in [7, 11) is -3.40. The fourth-order valence-corrected chi connectivity index (χ4v) is 2.07. The summed E-state index contributed by atoms with van der Waals surface area (Å²) in [6.07, 6.45) is 1.87. The molecule has 0 aromatic rings. The van der Waals surface area contributed by atoms with Crippen LogP contribution < -0.4 is 5.73 Å². The van der Waals surface area contributed by atoms with Crippen molar-refractivity contribution in [1.82, 2.24) is 4.90 Å². The van der Waals surface area contributed by atoms with Crippen LogP contribution in [0.15, 0.2) is 0 Å². The maximum absolute atomic E-state index is 12.0. The summed E-state index contributed by atoms with van der Waals surface area (Å²) in [4.78, 5) is 13.5. The Morgan fingerprint density at radius 1 is 1.44 bits per heavy atom. The van der Waals surface area contributed by atoms with E-state index in [-0.39, 0.29) is 11.4 Å². The zero-order valence-electron chi connectivity index (χ0n) is 10.3. The Kier molecular flexibility index (Phi) is 3.11. The molecule has 5 nitrogen and oxygen atoms in total. The molecule has 0 aromatic heterocycles. The fourth-order valence-electron chi connectivity index (χ4n) is 1.62. The predicted octanol–water partition coefficient (Wildman–Crippen LogP) is -0.241. The van der Waals surface area contributed by atoms with Crippen LogP contribution in [-0.4, -0.2) is 48.9 Å². The molecule has 1 rings (SSSR count). The molecule has 0 bridgehead atoms. The molecule has 94 valence electrons. The van der Waals surface area contributed by atoms with E-state index in [0.29, 0.717) is 13.1 Å². The first-order valence-corrected chi connectivity index (χ1v) is 7.20. The molecule has 1 amide bonds. The van der Waals surface area contributed by atoms with Gasteiger partial charge in [0.15, 0.2) is 9.84 Å². The Morgan fingerprint density at radius 3 is 2.19 bits per heavy atom. The second kappa shape index (κ2) is 3.70. The quantitative estimate of drug-likeness (QED) is 0.747. The lowest BCUT2D eigenvalue weighted by atomic mass is 9.87. The van der Waals surface area contributed by atoms with Gasteiger partial charge < -0.3 is 10.6 Å². The third-order valence-electron chi connectivity index (χ3n) is 3.44. The topological polar surface area (TPSA) is 80.5 Å². The number of carbonyl (C=O) groups is 1. The molecule has 0 aromatic carbocycles. The maximum Gasteiger partial charge on any atom is 0.243 e. The maximum atomic E-state index is 12.0. The Bertz CT molecular complexity index is 394. The van der Waals surface area contributed by atoms with Crippen molar-refractivity contribution in [3.05, 3.63) is 0 Å². The van der Waals surface area contributed by atoms with Crippen LogP contribution >= 0.6 is 0 Å². The molecule has 0 spiro atoms. The van der Waals surface area contributed by atoms with E-state index in [1.807, 2.05) is 6.92 Å². The Labute approximate surface area is 96.9 Å². The van der Waals surface area contributed by atoms with Gasteiger partial charge in [-0.05, 0) is 20.3 Å². The van der Waals surface area contributed by atoms with Gasteiger partial charge in [-0.1, -0.05) is 6.92 Å². The number of likely N-dealkylation sites (tertiary alicyclic amines) is 1. The van der Waals surface area contributed by atoms with Crippen molar-refractivity contribution >= 4 is 15.7 Å². The molecule has 2 N–H and O–H groups in total. The minimum absolute atomic E-state index is 0.330. The van der Waals surface area contributed by atoms with E-state index in [4.69, 9.17) is 5.73 Å². The van der Waals surface area contributed by atoms with Crippen molar-refractivity contribution in [2.45, 2.75) is 37.5 Å². The van der Waals surface area contributed by atoms with Crippen molar-refractivity contribution in [2.24, 2.45) is 5.73 Å². The largest absolute Gasteiger partial charge is 0.338 e. The highest BCUT2D eigenvalue weighted by Gasteiger charge is 2.48. The van der Waals surface area contributed by atoms with Crippen LogP contribution in [0.4, 0.5) is 0 Å². The number of rotatable bonds is 3. The second-order valence-corrected chi connectivity index (χ2v) is 7.72. The SMILES string of the molecule is CCC1(N)CN(C(=O)C(C)(C)S(C)(=O)=O)C1. The molecule has 1 heterocycles. The molecular weight excluding hydrogens is 228 g/mol. The molecule has 0 atom stereocenters. The zero-order chi connectivity index (χ0) is 12.8. The Morgan fingerprint density at radius 2 is 1.88 bits per heavy atom. The first-order chi connectivity index (χ1) is 7.03. The average Bonchev–Trinajstić information content (AvgIpc) is 2.09. The molecule has 1 saturated heterocycles. The molecule has 6 heteroatoms. The number of sulfone groups is 1. The van der Waals surface area contributed by atoms with E-state index in [1.165, 1.54) is 18.7 Å². The average molecular weight is 248 g/mol. The molecule has 0 unspecified atom stereocenters. The van der Waals surface area contributed by atoms with Crippen LogP contribution in [0, 0.1) is 0 Å². The lowest BCUT2D eigenvalue weighted by Crippen LogP contribution is -2.71. The number of nitrogens with zero attached hydrogens (tertiary/aromatic N) is 1. The number of nitrogens with two attached hydrogens (primary N) is 1. The summed E-state index contributed by atoms with van der Waals surface area (Å²) in [5.74, 6) is -0.357. The van der Waals surface area contributed by atoms with Crippen LogP contribution in [0.5, 0.6) is 0 Å². The van der Waals surface area contributed by atoms with Gasteiger partial charge in [0.2, 0.25) is 5.91 Å².